The van der Waals surface area contributed by atoms with E-state index in [9.17, 15) is 9.59 Å². The highest BCUT2D eigenvalue weighted by molar-refractivity contribution is 5.96. The van der Waals surface area contributed by atoms with Crippen LogP contribution in [0.15, 0.2) is 60.8 Å². The number of nitrogens with one attached hydrogen (secondary N) is 2. The zero-order valence-electron chi connectivity index (χ0n) is 16.6. The maximum atomic E-state index is 12.8. The van der Waals surface area contributed by atoms with Crippen molar-refractivity contribution in [2.24, 2.45) is 5.92 Å². The molecule has 1 aromatic heterocycles. The zero-order valence-corrected chi connectivity index (χ0v) is 16.6. The number of nitrogens with zero attached hydrogens (tertiary/aromatic N) is 2. The summed E-state index contributed by atoms with van der Waals surface area (Å²) in [4.78, 5) is 27.1. The standard InChI is InChI=1S/C23H26N4O2/c1-2-26-14-12-17-15-20(10-11-21(17)26)24-22(28)18-7-6-13-27(16-18)23(29)25-19-8-4-3-5-9-19/h3-5,8-12,14-15,18H,2,6-7,13,16H2,1H3,(H,24,28)(H,25,29). The van der Waals surface area contributed by atoms with Crippen molar-refractivity contribution in [3.63, 3.8) is 0 Å². The minimum atomic E-state index is -0.207. The molecule has 0 spiro atoms. The van der Waals surface area contributed by atoms with E-state index in [0.29, 0.717) is 13.1 Å². The van der Waals surface area contributed by atoms with Crippen LogP contribution in [0.5, 0.6) is 0 Å². The van der Waals surface area contributed by atoms with E-state index in [-0.39, 0.29) is 17.9 Å². The van der Waals surface area contributed by atoms with Gasteiger partial charge >= 0.3 is 6.03 Å². The number of anilines is 2. The number of aryl methyl sites for hydroxylation is 1. The van der Waals surface area contributed by atoms with Crippen LogP contribution in [0, 0.1) is 5.92 Å². The first-order chi connectivity index (χ1) is 14.1. The molecule has 1 aliphatic rings. The summed E-state index contributed by atoms with van der Waals surface area (Å²) in [5.41, 5.74) is 2.71. The number of hydrogen-bond donors (Lipinski definition) is 2. The molecule has 1 fully saturated rings. The van der Waals surface area contributed by atoms with Gasteiger partial charge in [0.1, 0.15) is 0 Å². The molecule has 0 radical (unpaired) electrons. The average Bonchev–Trinajstić information content (AvgIpc) is 3.17. The molecule has 1 unspecified atom stereocenters. The van der Waals surface area contributed by atoms with Crippen LogP contribution in [0.4, 0.5) is 16.2 Å². The number of fused-ring (bicyclic) bond motifs is 1. The molecule has 3 amide bonds. The number of para-hydroxylation sites is 1. The van der Waals surface area contributed by atoms with Crippen LogP contribution in [0.3, 0.4) is 0 Å². The average molecular weight is 390 g/mol. The number of hydrogen-bond acceptors (Lipinski definition) is 2. The number of piperidine rings is 1. The molecule has 0 saturated carbocycles. The van der Waals surface area contributed by atoms with E-state index in [1.807, 2.05) is 48.5 Å². The third-order valence-corrected chi connectivity index (χ3v) is 5.48. The predicted molar refractivity (Wildman–Crippen MR) is 116 cm³/mol. The Hall–Kier alpha value is -3.28. The quantitative estimate of drug-likeness (QED) is 0.687. The lowest BCUT2D eigenvalue weighted by Gasteiger charge is -2.32. The van der Waals surface area contributed by atoms with Gasteiger partial charge in [-0.25, -0.2) is 4.79 Å². The molecule has 0 aliphatic carbocycles. The summed E-state index contributed by atoms with van der Waals surface area (Å²) in [6, 6.07) is 17.3. The van der Waals surface area contributed by atoms with E-state index in [2.05, 4.69) is 34.4 Å². The van der Waals surface area contributed by atoms with Crippen molar-refractivity contribution in [3.05, 3.63) is 60.8 Å². The van der Waals surface area contributed by atoms with Gasteiger partial charge in [-0.1, -0.05) is 18.2 Å². The second kappa shape index (κ2) is 8.39. The van der Waals surface area contributed by atoms with Crippen LogP contribution in [-0.2, 0) is 11.3 Å². The minimum absolute atomic E-state index is 0.0310. The van der Waals surface area contributed by atoms with Crippen molar-refractivity contribution in [2.45, 2.75) is 26.3 Å². The van der Waals surface area contributed by atoms with E-state index in [1.165, 1.54) is 0 Å². The van der Waals surface area contributed by atoms with Gasteiger partial charge in [-0.15, -0.1) is 0 Å². The van der Waals surface area contributed by atoms with E-state index in [1.54, 1.807) is 4.90 Å². The SMILES string of the molecule is CCn1ccc2cc(NC(=O)C3CCCN(C(=O)Nc4ccccc4)C3)ccc21. The topological polar surface area (TPSA) is 66.4 Å². The second-order valence-electron chi connectivity index (χ2n) is 7.45. The lowest BCUT2D eigenvalue weighted by molar-refractivity contribution is -0.121. The highest BCUT2D eigenvalue weighted by atomic mass is 16.2. The van der Waals surface area contributed by atoms with E-state index >= 15 is 0 Å². The van der Waals surface area contributed by atoms with Crippen molar-refractivity contribution in [1.82, 2.24) is 9.47 Å². The van der Waals surface area contributed by atoms with Crippen LogP contribution >= 0.6 is 0 Å². The zero-order chi connectivity index (χ0) is 20.2. The molecule has 2 N–H and O–H groups in total. The molecule has 2 heterocycles. The number of urea groups is 1. The second-order valence-corrected chi connectivity index (χ2v) is 7.45. The molecule has 1 saturated heterocycles. The molecule has 0 bridgehead atoms. The van der Waals surface area contributed by atoms with Gasteiger partial charge in [-0.3, -0.25) is 4.79 Å². The van der Waals surface area contributed by atoms with E-state index < -0.39 is 0 Å². The third kappa shape index (κ3) is 4.26. The molecule has 6 nitrogen and oxygen atoms in total. The molecule has 2 aromatic carbocycles. The van der Waals surface area contributed by atoms with Gasteiger partial charge in [-0.05, 0) is 56.2 Å². The molecule has 1 atom stereocenters. The van der Waals surface area contributed by atoms with Gasteiger partial charge in [0.2, 0.25) is 5.91 Å². The summed E-state index contributed by atoms with van der Waals surface area (Å²) in [7, 11) is 0. The Bertz CT molecular complexity index is 1010. The Labute approximate surface area is 170 Å². The fraction of sp³-hybridized carbons (Fsp3) is 0.304. The summed E-state index contributed by atoms with van der Waals surface area (Å²) in [5.74, 6) is -0.238. The van der Waals surface area contributed by atoms with Crippen molar-refractivity contribution in [1.29, 1.82) is 0 Å². The van der Waals surface area contributed by atoms with E-state index in [4.69, 9.17) is 0 Å². The number of carbonyl (C=O) groups is 2. The molecule has 6 heteroatoms. The third-order valence-electron chi connectivity index (χ3n) is 5.48. The molecule has 1 aliphatic heterocycles. The van der Waals surface area contributed by atoms with Gasteiger partial charge in [0, 0.05) is 48.1 Å². The van der Waals surface area contributed by atoms with Gasteiger partial charge in [0.25, 0.3) is 0 Å². The number of likely N-dealkylation sites (tertiary alicyclic amines) is 1. The smallest absolute Gasteiger partial charge is 0.321 e. The monoisotopic (exact) mass is 390 g/mol. The van der Waals surface area contributed by atoms with Crippen LogP contribution in [0.25, 0.3) is 10.9 Å². The largest absolute Gasteiger partial charge is 0.348 e. The predicted octanol–water partition coefficient (Wildman–Crippen LogP) is 4.54. The summed E-state index contributed by atoms with van der Waals surface area (Å²) in [6.45, 7) is 4.12. The Morgan fingerprint density at radius 3 is 2.66 bits per heavy atom. The highest BCUT2D eigenvalue weighted by Crippen LogP contribution is 2.23. The van der Waals surface area contributed by atoms with Crippen LogP contribution in [0.2, 0.25) is 0 Å². The van der Waals surface area contributed by atoms with Gasteiger partial charge in [0.15, 0.2) is 0 Å². The van der Waals surface area contributed by atoms with Gasteiger partial charge in [0.05, 0.1) is 5.92 Å². The maximum Gasteiger partial charge on any atom is 0.321 e. The summed E-state index contributed by atoms with van der Waals surface area (Å²) in [5, 5.41) is 7.04. The molecule has 4 rings (SSSR count). The first kappa shape index (κ1) is 19.1. The molecular formula is C23H26N4O2. The maximum absolute atomic E-state index is 12.8. The Morgan fingerprint density at radius 1 is 1.03 bits per heavy atom. The summed E-state index contributed by atoms with van der Waals surface area (Å²) in [6.07, 6.45) is 3.66. The van der Waals surface area contributed by atoms with E-state index in [0.717, 1.165) is 41.7 Å². The Morgan fingerprint density at radius 2 is 1.86 bits per heavy atom. The van der Waals surface area contributed by atoms with Crippen LogP contribution in [0.1, 0.15) is 19.8 Å². The summed E-state index contributed by atoms with van der Waals surface area (Å²) >= 11 is 0. The fourth-order valence-electron chi connectivity index (χ4n) is 3.90. The van der Waals surface area contributed by atoms with Crippen LogP contribution < -0.4 is 10.6 Å². The van der Waals surface area contributed by atoms with Crippen molar-refractivity contribution in [2.75, 3.05) is 23.7 Å². The highest BCUT2D eigenvalue weighted by Gasteiger charge is 2.28. The van der Waals surface area contributed by atoms with Crippen LogP contribution in [-0.4, -0.2) is 34.5 Å². The van der Waals surface area contributed by atoms with Crippen molar-refractivity contribution < 1.29 is 9.59 Å². The lowest BCUT2D eigenvalue weighted by atomic mass is 9.97. The first-order valence-corrected chi connectivity index (χ1v) is 10.1. The number of aromatic nitrogens is 1. The lowest BCUT2D eigenvalue weighted by Crippen LogP contribution is -2.45. The molecule has 3 aromatic rings. The molecule has 150 valence electrons. The van der Waals surface area contributed by atoms with Crippen molar-refractivity contribution in [3.8, 4) is 0 Å². The number of rotatable bonds is 4. The van der Waals surface area contributed by atoms with Crippen molar-refractivity contribution >= 4 is 34.2 Å². The van der Waals surface area contributed by atoms with Gasteiger partial charge in [-0.2, -0.15) is 0 Å². The fourth-order valence-corrected chi connectivity index (χ4v) is 3.90. The molecule has 29 heavy (non-hydrogen) atoms. The number of amides is 3. The Balaban J connectivity index is 1.39. The normalized spacial score (nSPS) is 16.6. The van der Waals surface area contributed by atoms with Gasteiger partial charge < -0.3 is 20.1 Å². The first-order valence-electron chi connectivity index (χ1n) is 10.1. The number of benzene rings is 2. The summed E-state index contributed by atoms with van der Waals surface area (Å²) < 4.78 is 2.17. The Kier molecular flexibility index (Phi) is 5.51. The minimum Gasteiger partial charge on any atom is -0.348 e. The molecular weight excluding hydrogens is 364 g/mol. The number of carbonyl (C=O) groups excluding carboxylic acids is 2.